The number of fused-ring (bicyclic) bond motifs is 1. The van der Waals surface area contributed by atoms with Crippen LogP contribution in [0.2, 0.25) is 5.02 Å². The SMILES string of the molecule is CCC1Oc2ccc(NC(=O)c3ccccc3Cl)cc2CN(CCc2ccccc2OC)C1=O. The number of benzene rings is 3. The van der Waals surface area contributed by atoms with Crippen molar-refractivity contribution in [2.75, 3.05) is 19.0 Å². The Hall–Kier alpha value is -3.51. The lowest BCUT2D eigenvalue weighted by Gasteiger charge is -2.23. The maximum absolute atomic E-state index is 13.2. The zero-order valence-electron chi connectivity index (χ0n) is 19.2. The molecule has 1 heterocycles. The lowest BCUT2D eigenvalue weighted by Crippen LogP contribution is -2.40. The molecular formula is C27H27ClN2O4. The molecule has 0 bridgehead atoms. The molecule has 3 aromatic carbocycles. The maximum Gasteiger partial charge on any atom is 0.263 e. The highest BCUT2D eigenvalue weighted by molar-refractivity contribution is 6.34. The van der Waals surface area contributed by atoms with Gasteiger partial charge in [0, 0.05) is 24.3 Å². The molecule has 0 radical (unpaired) electrons. The van der Waals surface area contributed by atoms with Crippen LogP contribution in [0.3, 0.4) is 0 Å². The molecule has 4 rings (SSSR count). The van der Waals surface area contributed by atoms with E-state index in [2.05, 4.69) is 5.32 Å². The van der Waals surface area contributed by atoms with Crippen LogP contribution in [0.5, 0.6) is 11.5 Å². The van der Waals surface area contributed by atoms with Gasteiger partial charge in [0.15, 0.2) is 6.10 Å². The van der Waals surface area contributed by atoms with E-state index in [1.54, 1.807) is 43.5 Å². The summed E-state index contributed by atoms with van der Waals surface area (Å²) in [5, 5.41) is 3.28. The number of anilines is 1. The number of halogens is 1. The van der Waals surface area contributed by atoms with Crippen molar-refractivity contribution in [1.82, 2.24) is 4.90 Å². The molecule has 1 aliphatic rings. The minimum Gasteiger partial charge on any atom is -0.496 e. The molecule has 1 atom stereocenters. The van der Waals surface area contributed by atoms with E-state index in [1.165, 1.54) is 0 Å². The summed E-state index contributed by atoms with van der Waals surface area (Å²) in [6.45, 7) is 2.84. The average molecular weight is 479 g/mol. The molecule has 0 aromatic heterocycles. The number of methoxy groups -OCH3 is 1. The van der Waals surface area contributed by atoms with Gasteiger partial charge < -0.3 is 19.7 Å². The number of hydrogen-bond acceptors (Lipinski definition) is 4. The molecule has 3 aromatic rings. The number of hydrogen-bond donors (Lipinski definition) is 1. The van der Waals surface area contributed by atoms with Crippen molar-refractivity contribution in [1.29, 1.82) is 0 Å². The second kappa shape index (κ2) is 10.6. The number of amides is 2. The van der Waals surface area contributed by atoms with Crippen LogP contribution in [0.4, 0.5) is 5.69 Å². The summed E-state index contributed by atoms with van der Waals surface area (Å²) in [7, 11) is 1.64. The molecule has 2 amide bonds. The number of ether oxygens (including phenoxy) is 2. The van der Waals surface area contributed by atoms with Crippen molar-refractivity contribution in [3.8, 4) is 11.5 Å². The molecule has 0 saturated heterocycles. The molecule has 1 unspecified atom stereocenters. The van der Waals surface area contributed by atoms with Gasteiger partial charge in [0.2, 0.25) is 0 Å². The van der Waals surface area contributed by atoms with Gasteiger partial charge in [0.05, 0.1) is 17.7 Å². The monoisotopic (exact) mass is 478 g/mol. The quantitative estimate of drug-likeness (QED) is 0.497. The van der Waals surface area contributed by atoms with Gasteiger partial charge in [-0.05, 0) is 54.8 Å². The van der Waals surface area contributed by atoms with Gasteiger partial charge in [-0.25, -0.2) is 0 Å². The van der Waals surface area contributed by atoms with Gasteiger partial charge in [0.1, 0.15) is 11.5 Å². The second-order valence-corrected chi connectivity index (χ2v) is 8.50. The first-order valence-corrected chi connectivity index (χ1v) is 11.6. The van der Waals surface area contributed by atoms with Crippen molar-refractivity contribution in [3.63, 3.8) is 0 Å². The molecule has 1 aliphatic heterocycles. The zero-order chi connectivity index (χ0) is 24.1. The van der Waals surface area contributed by atoms with Crippen LogP contribution >= 0.6 is 11.6 Å². The van der Waals surface area contributed by atoms with E-state index in [9.17, 15) is 9.59 Å². The largest absolute Gasteiger partial charge is 0.496 e. The third-order valence-electron chi connectivity index (χ3n) is 5.87. The Morgan fingerprint density at radius 2 is 1.91 bits per heavy atom. The minimum atomic E-state index is -0.553. The van der Waals surface area contributed by atoms with Gasteiger partial charge in [0.25, 0.3) is 11.8 Å². The summed E-state index contributed by atoms with van der Waals surface area (Å²) >= 11 is 6.16. The molecular weight excluding hydrogens is 452 g/mol. The predicted octanol–water partition coefficient (Wildman–Crippen LogP) is 5.34. The van der Waals surface area contributed by atoms with Crippen molar-refractivity contribution >= 4 is 29.1 Å². The molecule has 0 spiro atoms. The Kier molecular flexibility index (Phi) is 7.38. The molecule has 176 valence electrons. The van der Waals surface area contributed by atoms with E-state index < -0.39 is 6.10 Å². The summed E-state index contributed by atoms with van der Waals surface area (Å²) < 4.78 is 11.5. The smallest absolute Gasteiger partial charge is 0.263 e. The third-order valence-corrected chi connectivity index (χ3v) is 6.20. The fraction of sp³-hybridized carbons (Fsp3) is 0.259. The molecule has 7 heteroatoms. The Morgan fingerprint density at radius 3 is 2.68 bits per heavy atom. The Balaban J connectivity index is 1.55. The highest BCUT2D eigenvalue weighted by atomic mass is 35.5. The van der Waals surface area contributed by atoms with Gasteiger partial charge in [-0.2, -0.15) is 0 Å². The van der Waals surface area contributed by atoms with E-state index in [0.29, 0.717) is 48.0 Å². The molecule has 0 fully saturated rings. The molecule has 1 N–H and O–H groups in total. The van der Waals surface area contributed by atoms with Crippen LogP contribution in [0.1, 0.15) is 34.8 Å². The molecule has 6 nitrogen and oxygen atoms in total. The first-order chi connectivity index (χ1) is 16.5. The Labute approximate surface area is 204 Å². The maximum atomic E-state index is 13.2. The molecule has 0 saturated carbocycles. The van der Waals surface area contributed by atoms with Crippen LogP contribution in [0.15, 0.2) is 66.7 Å². The number of carbonyl (C=O) groups is 2. The van der Waals surface area contributed by atoms with Crippen LogP contribution in [0.25, 0.3) is 0 Å². The van der Waals surface area contributed by atoms with Gasteiger partial charge in [-0.3, -0.25) is 9.59 Å². The van der Waals surface area contributed by atoms with Gasteiger partial charge in [-0.15, -0.1) is 0 Å². The van der Waals surface area contributed by atoms with Crippen LogP contribution < -0.4 is 14.8 Å². The van der Waals surface area contributed by atoms with E-state index in [0.717, 1.165) is 16.9 Å². The summed E-state index contributed by atoms with van der Waals surface area (Å²) in [5.41, 5.74) is 2.88. The first-order valence-electron chi connectivity index (χ1n) is 11.3. The van der Waals surface area contributed by atoms with Crippen LogP contribution in [-0.4, -0.2) is 36.5 Å². The fourth-order valence-corrected chi connectivity index (χ4v) is 4.26. The second-order valence-electron chi connectivity index (χ2n) is 8.09. The third kappa shape index (κ3) is 5.18. The predicted molar refractivity (Wildman–Crippen MR) is 133 cm³/mol. The van der Waals surface area contributed by atoms with E-state index in [4.69, 9.17) is 21.1 Å². The van der Waals surface area contributed by atoms with Gasteiger partial charge >= 0.3 is 0 Å². The van der Waals surface area contributed by atoms with Crippen LogP contribution in [-0.2, 0) is 17.8 Å². The lowest BCUT2D eigenvalue weighted by atomic mass is 10.1. The van der Waals surface area contributed by atoms with Crippen molar-refractivity contribution in [2.24, 2.45) is 0 Å². The van der Waals surface area contributed by atoms with E-state index >= 15 is 0 Å². The number of nitrogens with one attached hydrogen (secondary N) is 1. The number of carbonyl (C=O) groups excluding carboxylic acids is 2. The topological polar surface area (TPSA) is 67.9 Å². The minimum absolute atomic E-state index is 0.0461. The average Bonchev–Trinajstić information content (AvgIpc) is 2.98. The van der Waals surface area contributed by atoms with Crippen molar-refractivity contribution < 1.29 is 19.1 Å². The first kappa shape index (κ1) is 23.6. The number of para-hydroxylation sites is 1. The van der Waals surface area contributed by atoms with E-state index in [1.807, 2.05) is 42.2 Å². The highest BCUT2D eigenvalue weighted by Gasteiger charge is 2.30. The summed E-state index contributed by atoms with van der Waals surface area (Å²) in [4.78, 5) is 27.7. The summed E-state index contributed by atoms with van der Waals surface area (Å²) in [5.74, 6) is 1.11. The number of rotatable bonds is 7. The standard InChI is InChI=1S/C27H27ClN2O4/c1-3-23-27(32)30(15-14-18-8-4-7-11-24(18)33-2)17-19-16-20(12-13-25(19)34-23)29-26(31)21-9-5-6-10-22(21)28/h4-13,16,23H,3,14-15,17H2,1-2H3,(H,29,31). The van der Waals surface area contributed by atoms with Gasteiger partial charge in [-0.1, -0.05) is 48.9 Å². The van der Waals surface area contributed by atoms with Crippen molar-refractivity contribution in [3.05, 3.63) is 88.4 Å². The Morgan fingerprint density at radius 1 is 1.15 bits per heavy atom. The highest BCUT2D eigenvalue weighted by Crippen LogP contribution is 2.30. The number of nitrogens with zero attached hydrogens (tertiary/aromatic N) is 1. The lowest BCUT2D eigenvalue weighted by molar-refractivity contribution is -0.138. The Bertz CT molecular complexity index is 1200. The molecule has 0 aliphatic carbocycles. The van der Waals surface area contributed by atoms with Crippen molar-refractivity contribution in [2.45, 2.75) is 32.4 Å². The fourth-order valence-electron chi connectivity index (χ4n) is 4.04. The zero-order valence-corrected chi connectivity index (χ0v) is 20.0. The summed E-state index contributed by atoms with van der Waals surface area (Å²) in [6.07, 6.45) is 0.668. The summed E-state index contributed by atoms with van der Waals surface area (Å²) in [6, 6.07) is 20.1. The van der Waals surface area contributed by atoms with E-state index in [-0.39, 0.29) is 11.8 Å². The molecule has 34 heavy (non-hydrogen) atoms. The normalized spacial score (nSPS) is 15.2. The van der Waals surface area contributed by atoms with Crippen LogP contribution in [0, 0.1) is 0 Å².